The molecule has 0 aliphatic carbocycles. The van der Waals surface area contributed by atoms with Crippen molar-refractivity contribution in [2.45, 2.75) is 53.0 Å². The van der Waals surface area contributed by atoms with Gasteiger partial charge in [0.1, 0.15) is 18.0 Å². The summed E-state index contributed by atoms with van der Waals surface area (Å²) < 4.78 is 0. The summed E-state index contributed by atoms with van der Waals surface area (Å²) in [5, 5.41) is 3.40. The SMILES string of the molecule is CCCNc1ncnc(N(C)C(C)C)c1CCC. The number of anilines is 2. The lowest BCUT2D eigenvalue weighted by Crippen LogP contribution is -2.28. The van der Waals surface area contributed by atoms with Crippen molar-refractivity contribution in [1.29, 1.82) is 0 Å². The molecule has 0 amide bonds. The first-order valence-electron chi connectivity index (χ1n) is 6.92. The minimum Gasteiger partial charge on any atom is -0.370 e. The molecule has 0 fully saturated rings. The van der Waals surface area contributed by atoms with Gasteiger partial charge in [-0.3, -0.25) is 0 Å². The molecule has 0 radical (unpaired) electrons. The van der Waals surface area contributed by atoms with Gasteiger partial charge in [0.25, 0.3) is 0 Å². The second kappa shape index (κ2) is 7.19. The quantitative estimate of drug-likeness (QED) is 0.807. The van der Waals surface area contributed by atoms with Gasteiger partial charge in [0.2, 0.25) is 0 Å². The van der Waals surface area contributed by atoms with E-state index in [1.54, 1.807) is 6.33 Å². The Hall–Kier alpha value is -1.32. The Morgan fingerprint density at radius 1 is 1.22 bits per heavy atom. The van der Waals surface area contributed by atoms with E-state index >= 15 is 0 Å². The number of nitrogens with one attached hydrogen (secondary N) is 1. The highest BCUT2D eigenvalue weighted by Crippen LogP contribution is 2.25. The Balaban J connectivity index is 3.08. The Kier molecular flexibility index (Phi) is 5.89. The highest BCUT2D eigenvalue weighted by Gasteiger charge is 2.15. The molecule has 0 saturated heterocycles. The van der Waals surface area contributed by atoms with Crippen LogP contribution in [-0.2, 0) is 6.42 Å². The van der Waals surface area contributed by atoms with Crippen LogP contribution in [0.2, 0.25) is 0 Å². The molecule has 18 heavy (non-hydrogen) atoms. The van der Waals surface area contributed by atoms with E-state index in [0.29, 0.717) is 6.04 Å². The van der Waals surface area contributed by atoms with Gasteiger partial charge in [-0.15, -0.1) is 0 Å². The van der Waals surface area contributed by atoms with Crippen LogP contribution in [0.3, 0.4) is 0 Å². The van der Waals surface area contributed by atoms with Gasteiger partial charge in [0.05, 0.1) is 0 Å². The maximum atomic E-state index is 4.46. The first-order valence-corrected chi connectivity index (χ1v) is 6.92. The highest BCUT2D eigenvalue weighted by molar-refractivity contribution is 5.58. The summed E-state index contributed by atoms with van der Waals surface area (Å²) in [4.78, 5) is 11.1. The van der Waals surface area contributed by atoms with Gasteiger partial charge in [-0.05, 0) is 26.7 Å². The molecule has 1 aromatic heterocycles. The fraction of sp³-hybridized carbons (Fsp3) is 0.714. The van der Waals surface area contributed by atoms with Crippen LogP contribution >= 0.6 is 0 Å². The van der Waals surface area contributed by atoms with Crippen LogP contribution in [0.4, 0.5) is 11.6 Å². The molecule has 0 spiro atoms. The van der Waals surface area contributed by atoms with Gasteiger partial charge < -0.3 is 10.2 Å². The molecule has 1 N–H and O–H groups in total. The van der Waals surface area contributed by atoms with Gasteiger partial charge in [0, 0.05) is 25.2 Å². The summed E-state index contributed by atoms with van der Waals surface area (Å²) in [6.07, 6.45) is 4.88. The molecule has 0 bridgehead atoms. The van der Waals surface area contributed by atoms with E-state index in [4.69, 9.17) is 0 Å². The third-order valence-electron chi connectivity index (χ3n) is 3.07. The topological polar surface area (TPSA) is 41.1 Å². The minimum absolute atomic E-state index is 0.439. The fourth-order valence-electron chi connectivity index (χ4n) is 1.83. The van der Waals surface area contributed by atoms with Gasteiger partial charge >= 0.3 is 0 Å². The second-order valence-corrected chi connectivity index (χ2v) is 4.91. The molecule has 0 unspecified atom stereocenters. The summed E-state index contributed by atoms with van der Waals surface area (Å²) in [6, 6.07) is 0.439. The van der Waals surface area contributed by atoms with Crippen LogP contribution in [-0.4, -0.2) is 29.6 Å². The first kappa shape index (κ1) is 14.7. The Labute approximate surface area is 111 Å². The smallest absolute Gasteiger partial charge is 0.137 e. The molecule has 4 heteroatoms. The number of aromatic nitrogens is 2. The van der Waals surface area contributed by atoms with Crippen LogP contribution in [0.5, 0.6) is 0 Å². The average Bonchev–Trinajstić information content (AvgIpc) is 2.36. The molecular formula is C14H26N4. The predicted octanol–water partition coefficient (Wildman–Crippen LogP) is 3.10. The molecule has 1 rings (SSSR count). The molecule has 4 nitrogen and oxygen atoms in total. The van der Waals surface area contributed by atoms with Crippen LogP contribution in [0, 0.1) is 0 Å². The lowest BCUT2D eigenvalue weighted by Gasteiger charge is -2.26. The number of hydrogen-bond donors (Lipinski definition) is 1. The maximum Gasteiger partial charge on any atom is 0.137 e. The van der Waals surface area contributed by atoms with Crippen molar-refractivity contribution in [1.82, 2.24) is 9.97 Å². The van der Waals surface area contributed by atoms with E-state index in [0.717, 1.165) is 37.4 Å². The molecule has 102 valence electrons. The van der Waals surface area contributed by atoms with E-state index in [-0.39, 0.29) is 0 Å². The number of nitrogens with zero attached hydrogens (tertiary/aromatic N) is 3. The highest BCUT2D eigenvalue weighted by atomic mass is 15.2. The summed E-state index contributed by atoms with van der Waals surface area (Å²) in [6.45, 7) is 9.66. The molecule has 0 saturated carbocycles. The zero-order valence-electron chi connectivity index (χ0n) is 12.3. The summed E-state index contributed by atoms with van der Waals surface area (Å²) in [7, 11) is 2.09. The van der Waals surface area contributed by atoms with Crippen molar-refractivity contribution in [3.8, 4) is 0 Å². The number of rotatable bonds is 7. The van der Waals surface area contributed by atoms with Crippen molar-refractivity contribution in [3.05, 3.63) is 11.9 Å². The molecule has 0 aliphatic heterocycles. The van der Waals surface area contributed by atoms with E-state index in [1.807, 2.05) is 0 Å². The van der Waals surface area contributed by atoms with Crippen molar-refractivity contribution in [3.63, 3.8) is 0 Å². The van der Waals surface area contributed by atoms with E-state index in [2.05, 4.69) is 54.9 Å². The van der Waals surface area contributed by atoms with Crippen molar-refractivity contribution in [2.75, 3.05) is 23.8 Å². The Morgan fingerprint density at radius 2 is 1.94 bits per heavy atom. The number of hydrogen-bond acceptors (Lipinski definition) is 4. The van der Waals surface area contributed by atoms with Crippen LogP contribution in [0.15, 0.2) is 6.33 Å². The van der Waals surface area contributed by atoms with Crippen LogP contribution in [0.1, 0.15) is 46.1 Å². The van der Waals surface area contributed by atoms with E-state index < -0.39 is 0 Å². The predicted molar refractivity (Wildman–Crippen MR) is 78.3 cm³/mol. The lowest BCUT2D eigenvalue weighted by molar-refractivity contribution is 0.731. The van der Waals surface area contributed by atoms with Gasteiger partial charge in [-0.1, -0.05) is 20.3 Å². The second-order valence-electron chi connectivity index (χ2n) is 4.91. The van der Waals surface area contributed by atoms with Gasteiger partial charge in [-0.2, -0.15) is 0 Å². The first-order chi connectivity index (χ1) is 8.61. The molecular weight excluding hydrogens is 224 g/mol. The minimum atomic E-state index is 0.439. The third kappa shape index (κ3) is 3.59. The normalized spacial score (nSPS) is 10.8. The van der Waals surface area contributed by atoms with Gasteiger partial charge in [-0.25, -0.2) is 9.97 Å². The van der Waals surface area contributed by atoms with Crippen LogP contribution < -0.4 is 10.2 Å². The fourth-order valence-corrected chi connectivity index (χ4v) is 1.83. The van der Waals surface area contributed by atoms with Gasteiger partial charge in [0.15, 0.2) is 0 Å². The Morgan fingerprint density at radius 3 is 2.50 bits per heavy atom. The van der Waals surface area contributed by atoms with E-state index in [1.165, 1.54) is 5.56 Å². The van der Waals surface area contributed by atoms with Crippen molar-refractivity contribution >= 4 is 11.6 Å². The lowest BCUT2D eigenvalue weighted by atomic mass is 10.1. The summed E-state index contributed by atoms with van der Waals surface area (Å²) in [5.74, 6) is 2.05. The zero-order valence-corrected chi connectivity index (χ0v) is 12.3. The monoisotopic (exact) mass is 250 g/mol. The third-order valence-corrected chi connectivity index (χ3v) is 3.07. The van der Waals surface area contributed by atoms with Crippen LogP contribution in [0.25, 0.3) is 0 Å². The summed E-state index contributed by atoms with van der Waals surface area (Å²) in [5.41, 5.74) is 1.24. The van der Waals surface area contributed by atoms with Crippen molar-refractivity contribution < 1.29 is 0 Å². The zero-order chi connectivity index (χ0) is 13.5. The molecule has 0 aliphatic rings. The largest absolute Gasteiger partial charge is 0.370 e. The van der Waals surface area contributed by atoms with E-state index in [9.17, 15) is 0 Å². The molecule has 0 atom stereocenters. The molecule has 0 aromatic carbocycles. The maximum absolute atomic E-state index is 4.46. The standard InChI is InChI=1S/C14H26N4/c1-6-8-12-13(15-9-7-2)16-10-17-14(12)18(5)11(3)4/h10-11H,6-9H2,1-5H3,(H,15,16,17). The summed E-state index contributed by atoms with van der Waals surface area (Å²) >= 11 is 0. The van der Waals surface area contributed by atoms with Crippen molar-refractivity contribution in [2.24, 2.45) is 0 Å². The molecule has 1 heterocycles. The average molecular weight is 250 g/mol. The molecule has 1 aromatic rings. The Bertz CT molecular complexity index is 363.